The van der Waals surface area contributed by atoms with Gasteiger partial charge in [0.05, 0.1) is 5.69 Å². The molecule has 3 heteroatoms. The fraction of sp³-hybridized carbons (Fsp3) is 0.0588. The Morgan fingerprint density at radius 1 is 0.703 bits per heavy atom. The third kappa shape index (κ3) is 3.71. The molecule has 7 aromatic rings. The monoisotopic (exact) mass is 493 g/mol. The van der Waals surface area contributed by atoms with Crippen LogP contribution in [0.25, 0.3) is 53.5 Å². The van der Waals surface area contributed by atoms with Gasteiger partial charge in [-0.25, -0.2) is 4.57 Å². The zero-order chi connectivity index (χ0) is 24.8. The molecule has 0 aliphatic carbocycles. The first-order valence-corrected chi connectivity index (χ1v) is 13.4. The van der Waals surface area contributed by atoms with Crippen LogP contribution < -0.4 is 4.57 Å². The molecule has 0 atom stereocenters. The van der Waals surface area contributed by atoms with E-state index in [9.17, 15) is 0 Å². The summed E-state index contributed by atoms with van der Waals surface area (Å²) in [5.41, 5.74) is 7.37. The van der Waals surface area contributed by atoms with E-state index in [1.54, 1.807) is 0 Å². The van der Waals surface area contributed by atoms with Crippen molar-refractivity contribution in [3.05, 3.63) is 133 Å². The Bertz CT molecular complexity index is 1920. The standard InChI is InChI=1S/C34H25N2S/c1-36-21-9-7-15-30(36)26-12-4-3-11-24(26)22-25-16-18-28-33-27-13-5-2-10-23(27)17-19-31(33)37-34(28)32(25)29-14-6-8-20-35-29/h2-21H,22H2,1H3/q+1. The highest BCUT2D eigenvalue weighted by atomic mass is 32.1. The van der Waals surface area contributed by atoms with E-state index in [1.807, 2.05) is 23.6 Å². The number of pyridine rings is 2. The SMILES string of the molecule is C[n+]1ccccc1-c1ccccc1Cc1ccc2c(sc3ccc4ccccc4c32)c1-c1ccccn1. The molecule has 4 aromatic carbocycles. The van der Waals surface area contributed by atoms with Crippen molar-refractivity contribution in [1.82, 2.24) is 4.98 Å². The van der Waals surface area contributed by atoms with E-state index in [0.29, 0.717) is 0 Å². The van der Waals surface area contributed by atoms with Crippen molar-refractivity contribution in [2.24, 2.45) is 7.05 Å². The van der Waals surface area contributed by atoms with Crippen molar-refractivity contribution in [2.75, 3.05) is 0 Å². The number of aryl methyl sites for hydroxylation is 1. The fourth-order valence-corrected chi connectivity index (χ4v) is 6.82. The number of thiophene rings is 1. The summed E-state index contributed by atoms with van der Waals surface area (Å²) < 4.78 is 4.82. The van der Waals surface area contributed by atoms with Crippen LogP contribution in [0.2, 0.25) is 0 Å². The first-order chi connectivity index (χ1) is 18.3. The Morgan fingerprint density at radius 2 is 1.54 bits per heavy atom. The summed E-state index contributed by atoms with van der Waals surface area (Å²) in [5.74, 6) is 0. The Morgan fingerprint density at radius 3 is 2.43 bits per heavy atom. The van der Waals surface area contributed by atoms with Gasteiger partial charge in [0.1, 0.15) is 7.05 Å². The summed E-state index contributed by atoms with van der Waals surface area (Å²) >= 11 is 1.88. The fourth-order valence-electron chi connectivity index (χ4n) is 5.52. The zero-order valence-electron chi connectivity index (χ0n) is 20.6. The number of rotatable bonds is 4. The summed E-state index contributed by atoms with van der Waals surface area (Å²) in [7, 11) is 2.11. The van der Waals surface area contributed by atoms with Gasteiger partial charge in [0.25, 0.3) is 0 Å². The smallest absolute Gasteiger partial charge is 0.212 e. The van der Waals surface area contributed by atoms with Gasteiger partial charge in [0.15, 0.2) is 6.20 Å². The molecule has 3 aromatic heterocycles. The van der Waals surface area contributed by atoms with Gasteiger partial charge in [0.2, 0.25) is 5.69 Å². The average molecular weight is 494 g/mol. The van der Waals surface area contributed by atoms with Gasteiger partial charge in [-0.3, -0.25) is 4.98 Å². The molecule has 0 radical (unpaired) electrons. The lowest BCUT2D eigenvalue weighted by Gasteiger charge is -2.13. The second-order valence-electron chi connectivity index (χ2n) is 9.48. The molecule has 0 spiro atoms. The molecular weight excluding hydrogens is 468 g/mol. The minimum atomic E-state index is 0.835. The molecule has 3 heterocycles. The average Bonchev–Trinajstić information content (AvgIpc) is 3.33. The van der Waals surface area contributed by atoms with Gasteiger partial charge in [-0.1, -0.05) is 66.7 Å². The van der Waals surface area contributed by atoms with E-state index in [-0.39, 0.29) is 0 Å². The molecule has 0 aliphatic heterocycles. The molecule has 0 aliphatic rings. The highest BCUT2D eigenvalue weighted by Crippen LogP contribution is 2.44. The second-order valence-corrected chi connectivity index (χ2v) is 10.5. The lowest BCUT2D eigenvalue weighted by Crippen LogP contribution is -2.30. The molecule has 176 valence electrons. The Hall–Kier alpha value is -4.34. The van der Waals surface area contributed by atoms with Crippen LogP contribution in [0.4, 0.5) is 0 Å². The zero-order valence-corrected chi connectivity index (χ0v) is 21.4. The van der Waals surface area contributed by atoms with Gasteiger partial charge in [-0.2, -0.15) is 0 Å². The second kappa shape index (κ2) is 8.95. The quantitative estimate of drug-likeness (QED) is 0.225. The van der Waals surface area contributed by atoms with Gasteiger partial charge in [0, 0.05) is 49.6 Å². The normalized spacial score (nSPS) is 11.5. The van der Waals surface area contributed by atoms with E-state index in [2.05, 4.69) is 121 Å². The Balaban J connectivity index is 1.49. The highest BCUT2D eigenvalue weighted by Gasteiger charge is 2.19. The maximum absolute atomic E-state index is 4.83. The molecule has 0 N–H and O–H groups in total. The van der Waals surface area contributed by atoms with Crippen molar-refractivity contribution in [3.8, 4) is 22.5 Å². The molecular formula is C34H25N2S+. The molecule has 0 bridgehead atoms. The number of nitrogens with zero attached hydrogens (tertiary/aromatic N) is 2. The molecule has 0 unspecified atom stereocenters. The predicted octanol–water partition coefficient (Wildman–Crippen LogP) is 8.35. The first-order valence-electron chi connectivity index (χ1n) is 12.6. The summed E-state index contributed by atoms with van der Waals surface area (Å²) in [6.07, 6.45) is 4.85. The van der Waals surface area contributed by atoms with Crippen LogP contribution in [0.1, 0.15) is 11.1 Å². The van der Waals surface area contributed by atoms with E-state index >= 15 is 0 Å². The summed E-state index contributed by atoms with van der Waals surface area (Å²) in [6, 6.07) is 39.2. The van der Waals surface area contributed by atoms with Crippen LogP contribution in [0.5, 0.6) is 0 Å². The van der Waals surface area contributed by atoms with Gasteiger partial charge in [-0.15, -0.1) is 11.3 Å². The van der Waals surface area contributed by atoms with Crippen LogP contribution in [0.3, 0.4) is 0 Å². The molecule has 37 heavy (non-hydrogen) atoms. The lowest BCUT2D eigenvalue weighted by atomic mass is 9.92. The maximum Gasteiger partial charge on any atom is 0.212 e. The van der Waals surface area contributed by atoms with Crippen LogP contribution in [-0.2, 0) is 13.5 Å². The number of hydrogen-bond donors (Lipinski definition) is 0. The number of hydrogen-bond acceptors (Lipinski definition) is 2. The highest BCUT2D eigenvalue weighted by molar-refractivity contribution is 7.26. The molecule has 0 saturated carbocycles. The summed E-state index contributed by atoms with van der Waals surface area (Å²) in [6.45, 7) is 0. The largest absolute Gasteiger partial charge is 0.256 e. The van der Waals surface area contributed by atoms with Crippen LogP contribution >= 0.6 is 11.3 Å². The van der Waals surface area contributed by atoms with Crippen LogP contribution in [-0.4, -0.2) is 4.98 Å². The lowest BCUT2D eigenvalue weighted by molar-refractivity contribution is -0.660. The van der Waals surface area contributed by atoms with Gasteiger partial charge in [-0.05, 0) is 58.7 Å². The number of fused-ring (bicyclic) bond motifs is 5. The summed E-state index contributed by atoms with van der Waals surface area (Å²) in [4.78, 5) is 4.83. The Kier molecular flexibility index (Phi) is 5.30. The summed E-state index contributed by atoms with van der Waals surface area (Å²) in [5, 5.41) is 5.25. The van der Waals surface area contributed by atoms with Crippen molar-refractivity contribution >= 4 is 42.3 Å². The van der Waals surface area contributed by atoms with E-state index in [4.69, 9.17) is 4.98 Å². The molecule has 0 amide bonds. The van der Waals surface area contributed by atoms with Gasteiger partial charge < -0.3 is 0 Å². The third-order valence-corrected chi connectivity index (χ3v) is 8.45. The Labute approximate surface area is 220 Å². The van der Waals surface area contributed by atoms with E-state index in [1.165, 1.54) is 58.9 Å². The van der Waals surface area contributed by atoms with Crippen molar-refractivity contribution in [2.45, 2.75) is 6.42 Å². The first kappa shape index (κ1) is 21.9. The molecule has 7 rings (SSSR count). The topological polar surface area (TPSA) is 16.8 Å². The molecule has 0 saturated heterocycles. The van der Waals surface area contributed by atoms with Crippen molar-refractivity contribution in [3.63, 3.8) is 0 Å². The minimum absolute atomic E-state index is 0.835. The number of aromatic nitrogens is 2. The van der Waals surface area contributed by atoms with Crippen molar-refractivity contribution in [1.29, 1.82) is 0 Å². The number of benzene rings is 4. The van der Waals surface area contributed by atoms with Gasteiger partial charge >= 0.3 is 0 Å². The van der Waals surface area contributed by atoms with Crippen LogP contribution in [0.15, 0.2) is 122 Å². The van der Waals surface area contributed by atoms with E-state index in [0.717, 1.165) is 12.1 Å². The van der Waals surface area contributed by atoms with Crippen LogP contribution in [0, 0.1) is 0 Å². The molecule has 2 nitrogen and oxygen atoms in total. The van der Waals surface area contributed by atoms with Crippen molar-refractivity contribution < 1.29 is 4.57 Å². The predicted molar refractivity (Wildman–Crippen MR) is 156 cm³/mol. The maximum atomic E-state index is 4.83. The molecule has 0 fully saturated rings. The minimum Gasteiger partial charge on any atom is -0.256 e. The van der Waals surface area contributed by atoms with E-state index < -0.39 is 0 Å². The third-order valence-electron chi connectivity index (χ3n) is 7.27.